The van der Waals surface area contributed by atoms with Gasteiger partial charge in [0.2, 0.25) is 11.8 Å². The molecule has 3 heterocycles. The number of piperidine rings is 1. The van der Waals surface area contributed by atoms with Crippen molar-refractivity contribution in [1.29, 1.82) is 0 Å². The number of carbonyl (C=O) groups is 2. The van der Waals surface area contributed by atoms with Gasteiger partial charge in [0.25, 0.3) is 5.56 Å². The fraction of sp³-hybridized carbons (Fsp3) is 0.647. The lowest BCUT2D eigenvalue weighted by Crippen LogP contribution is -2.53. The first kappa shape index (κ1) is 17.4. The van der Waals surface area contributed by atoms with Crippen LogP contribution in [0, 0.1) is 5.92 Å². The summed E-state index contributed by atoms with van der Waals surface area (Å²) < 4.78 is 1.30. The van der Waals surface area contributed by atoms with E-state index in [4.69, 9.17) is 0 Å². The molecule has 2 aliphatic rings. The topological polar surface area (TPSA) is 78.8 Å². The van der Waals surface area contributed by atoms with Crippen molar-refractivity contribution in [3.63, 3.8) is 0 Å². The molecule has 0 aliphatic carbocycles. The summed E-state index contributed by atoms with van der Waals surface area (Å²) in [5.74, 6) is 0.153. The summed E-state index contributed by atoms with van der Waals surface area (Å²) in [5.41, 5.74) is 0.633. The minimum atomic E-state index is -0.147. The molecule has 0 bridgehead atoms. The third-order valence-electron chi connectivity index (χ3n) is 5.13. The average Bonchev–Trinajstić information content (AvgIpc) is 2.63. The number of carbonyl (C=O) groups excluding carboxylic acids is 2. The second kappa shape index (κ2) is 7.25. The lowest BCUT2D eigenvalue weighted by Gasteiger charge is -2.39. The highest BCUT2D eigenvalue weighted by atomic mass is 16.2. The highest BCUT2D eigenvalue weighted by Gasteiger charge is 2.31. The number of rotatable bonds is 2. The Labute approximate surface area is 147 Å². The van der Waals surface area contributed by atoms with Crippen LogP contribution >= 0.6 is 0 Å². The number of hydrogen-bond acceptors (Lipinski definition) is 5. The predicted octanol–water partition coefficient (Wildman–Crippen LogP) is -0.313. The Kier molecular flexibility index (Phi) is 5.06. The third kappa shape index (κ3) is 3.83. The molecule has 0 saturated carbocycles. The first-order valence-electron chi connectivity index (χ1n) is 8.78. The van der Waals surface area contributed by atoms with Crippen molar-refractivity contribution in [2.75, 3.05) is 44.2 Å². The second-order valence-electron chi connectivity index (χ2n) is 6.79. The monoisotopic (exact) mass is 347 g/mol. The van der Waals surface area contributed by atoms with Gasteiger partial charge in [0.1, 0.15) is 0 Å². The van der Waals surface area contributed by atoms with Crippen LogP contribution in [0.5, 0.6) is 0 Å². The fourth-order valence-electron chi connectivity index (χ4n) is 3.55. The van der Waals surface area contributed by atoms with Gasteiger partial charge in [-0.3, -0.25) is 14.4 Å². The normalized spacial score (nSPS) is 21.4. The van der Waals surface area contributed by atoms with Crippen LogP contribution in [0.15, 0.2) is 17.1 Å². The highest BCUT2D eigenvalue weighted by Crippen LogP contribution is 2.23. The van der Waals surface area contributed by atoms with E-state index in [1.165, 1.54) is 4.68 Å². The fourth-order valence-corrected chi connectivity index (χ4v) is 3.55. The van der Waals surface area contributed by atoms with Gasteiger partial charge in [-0.25, -0.2) is 4.68 Å². The molecule has 2 fully saturated rings. The van der Waals surface area contributed by atoms with Gasteiger partial charge in [-0.05, 0) is 12.8 Å². The SMILES string of the molecule is CC(=O)N1CCN(C(=O)C2CCCN(c3cnn(C)c(=O)c3)C2)CC1. The number of piperazine rings is 1. The van der Waals surface area contributed by atoms with E-state index >= 15 is 0 Å². The molecule has 25 heavy (non-hydrogen) atoms. The van der Waals surface area contributed by atoms with Gasteiger partial charge >= 0.3 is 0 Å². The Morgan fingerprint density at radius 3 is 2.44 bits per heavy atom. The maximum absolute atomic E-state index is 12.8. The summed E-state index contributed by atoms with van der Waals surface area (Å²) in [4.78, 5) is 41.8. The molecule has 2 amide bonds. The third-order valence-corrected chi connectivity index (χ3v) is 5.13. The number of hydrogen-bond donors (Lipinski definition) is 0. The summed E-state index contributed by atoms with van der Waals surface area (Å²) >= 11 is 0. The Morgan fingerprint density at radius 2 is 1.80 bits per heavy atom. The van der Waals surface area contributed by atoms with Gasteiger partial charge in [-0.1, -0.05) is 0 Å². The molecule has 1 atom stereocenters. The lowest BCUT2D eigenvalue weighted by molar-refractivity contribution is -0.141. The Balaban J connectivity index is 1.63. The molecule has 2 aliphatic heterocycles. The molecule has 1 unspecified atom stereocenters. The molecule has 0 spiro atoms. The zero-order valence-corrected chi connectivity index (χ0v) is 14.8. The first-order valence-corrected chi connectivity index (χ1v) is 8.78. The molecule has 0 N–H and O–H groups in total. The van der Waals surface area contributed by atoms with Crippen molar-refractivity contribution in [2.45, 2.75) is 19.8 Å². The van der Waals surface area contributed by atoms with Gasteiger partial charge in [0.15, 0.2) is 0 Å². The van der Waals surface area contributed by atoms with E-state index in [9.17, 15) is 14.4 Å². The molecule has 1 aromatic rings. The summed E-state index contributed by atoms with van der Waals surface area (Å²) in [6, 6.07) is 1.57. The summed E-state index contributed by atoms with van der Waals surface area (Å²) in [7, 11) is 1.62. The van der Waals surface area contributed by atoms with E-state index in [1.807, 2.05) is 4.90 Å². The number of anilines is 1. The van der Waals surface area contributed by atoms with Crippen molar-refractivity contribution in [3.05, 3.63) is 22.6 Å². The smallest absolute Gasteiger partial charge is 0.268 e. The van der Waals surface area contributed by atoms with Crippen molar-refractivity contribution in [3.8, 4) is 0 Å². The quantitative estimate of drug-likeness (QED) is 0.733. The average molecular weight is 347 g/mol. The molecule has 0 radical (unpaired) electrons. The number of aryl methyl sites for hydroxylation is 1. The number of nitrogens with zero attached hydrogens (tertiary/aromatic N) is 5. The minimum absolute atomic E-state index is 0.0640. The molecule has 8 nitrogen and oxygen atoms in total. The van der Waals surface area contributed by atoms with Crippen LogP contribution in [0.1, 0.15) is 19.8 Å². The zero-order chi connectivity index (χ0) is 18.0. The summed E-state index contributed by atoms with van der Waals surface area (Å²) in [5, 5.41) is 4.07. The van der Waals surface area contributed by atoms with E-state index in [2.05, 4.69) is 10.00 Å². The molecule has 2 saturated heterocycles. The van der Waals surface area contributed by atoms with Crippen LogP contribution in [-0.2, 0) is 16.6 Å². The van der Waals surface area contributed by atoms with Crippen molar-refractivity contribution < 1.29 is 9.59 Å². The highest BCUT2D eigenvalue weighted by molar-refractivity contribution is 5.80. The van der Waals surface area contributed by atoms with E-state index in [0.717, 1.165) is 25.1 Å². The summed E-state index contributed by atoms with van der Waals surface area (Å²) in [6.07, 6.45) is 3.46. The molecule has 136 valence electrons. The van der Waals surface area contributed by atoms with E-state index < -0.39 is 0 Å². The van der Waals surface area contributed by atoms with Crippen molar-refractivity contribution >= 4 is 17.5 Å². The first-order chi connectivity index (χ1) is 12.0. The number of amides is 2. The molecule has 8 heteroatoms. The Morgan fingerprint density at radius 1 is 1.12 bits per heavy atom. The molecule has 0 aromatic carbocycles. The van der Waals surface area contributed by atoms with E-state index in [-0.39, 0.29) is 23.3 Å². The van der Waals surface area contributed by atoms with Gasteiger partial charge in [-0.15, -0.1) is 0 Å². The Bertz CT molecular complexity index is 708. The maximum atomic E-state index is 12.8. The van der Waals surface area contributed by atoms with Gasteiger partial charge in [0, 0.05) is 59.3 Å². The van der Waals surface area contributed by atoms with Crippen LogP contribution in [0.25, 0.3) is 0 Å². The largest absolute Gasteiger partial charge is 0.369 e. The van der Waals surface area contributed by atoms with E-state index in [0.29, 0.717) is 32.7 Å². The lowest BCUT2D eigenvalue weighted by atomic mass is 9.96. The van der Waals surface area contributed by atoms with Gasteiger partial charge < -0.3 is 14.7 Å². The maximum Gasteiger partial charge on any atom is 0.268 e. The van der Waals surface area contributed by atoms with Crippen LogP contribution in [0.2, 0.25) is 0 Å². The summed E-state index contributed by atoms with van der Waals surface area (Å²) in [6.45, 7) is 5.42. The zero-order valence-electron chi connectivity index (χ0n) is 14.8. The molecular formula is C17H25N5O3. The van der Waals surface area contributed by atoms with Crippen LogP contribution in [0.3, 0.4) is 0 Å². The molecular weight excluding hydrogens is 322 g/mol. The van der Waals surface area contributed by atoms with Gasteiger partial charge in [-0.2, -0.15) is 5.10 Å². The second-order valence-corrected chi connectivity index (χ2v) is 6.79. The van der Waals surface area contributed by atoms with Crippen LogP contribution in [-0.4, -0.2) is 70.7 Å². The van der Waals surface area contributed by atoms with Gasteiger partial charge in [0.05, 0.1) is 17.8 Å². The van der Waals surface area contributed by atoms with E-state index in [1.54, 1.807) is 31.1 Å². The van der Waals surface area contributed by atoms with Crippen molar-refractivity contribution in [1.82, 2.24) is 19.6 Å². The Hall–Kier alpha value is -2.38. The molecule has 1 aromatic heterocycles. The van der Waals surface area contributed by atoms with Crippen molar-refractivity contribution in [2.24, 2.45) is 13.0 Å². The standard InChI is InChI=1S/C17H25N5O3/c1-13(23)20-6-8-21(9-7-20)17(25)14-4-3-5-22(12-14)15-10-16(24)19(2)18-11-15/h10-11,14H,3-9,12H2,1-2H3. The van der Waals surface area contributed by atoms with Crippen LogP contribution < -0.4 is 10.5 Å². The number of aromatic nitrogens is 2. The minimum Gasteiger partial charge on any atom is -0.369 e. The molecule has 3 rings (SSSR count). The van der Waals surface area contributed by atoms with Crippen LogP contribution in [0.4, 0.5) is 5.69 Å². The predicted molar refractivity (Wildman–Crippen MR) is 93.2 cm³/mol.